The molecule has 0 aliphatic carbocycles. The summed E-state index contributed by atoms with van der Waals surface area (Å²) in [6, 6.07) is 16.2. The molecule has 178 valence electrons. The topological polar surface area (TPSA) is 3.24 Å². The Hall–Kier alpha value is -2.90. The predicted molar refractivity (Wildman–Crippen MR) is 151 cm³/mol. The minimum atomic E-state index is 0.530. The van der Waals surface area contributed by atoms with Crippen molar-refractivity contribution in [2.24, 2.45) is 0 Å². The maximum atomic E-state index is 4.12. The Kier molecular flexibility index (Phi) is 9.48. The summed E-state index contributed by atoms with van der Waals surface area (Å²) < 4.78 is 0. The van der Waals surface area contributed by atoms with Crippen molar-refractivity contribution >= 4 is 11.6 Å². The van der Waals surface area contributed by atoms with E-state index in [1.54, 1.807) is 0 Å². The van der Waals surface area contributed by atoms with E-state index >= 15 is 0 Å². The lowest BCUT2D eigenvalue weighted by molar-refractivity contribution is 0.282. The van der Waals surface area contributed by atoms with Crippen LogP contribution in [-0.2, 0) is 13.0 Å². The number of benzene rings is 2. The van der Waals surface area contributed by atoms with E-state index in [1.165, 1.54) is 63.9 Å². The van der Waals surface area contributed by atoms with E-state index in [-0.39, 0.29) is 0 Å². The molecule has 1 aliphatic rings. The van der Waals surface area contributed by atoms with Crippen LogP contribution in [-0.4, -0.2) is 17.5 Å². The molecule has 0 spiro atoms. The van der Waals surface area contributed by atoms with Gasteiger partial charge in [0.15, 0.2) is 0 Å². The van der Waals surface area contributed by atoms with Gasteiger partial charge in [-0.3, -0.25) is 4.90 Å². The fourth-order valence-corrected chi connectivity index (χ4v) is 5.10. The number of rotatable bonds is 10. The van der Waals surface area contributed by atoms with Gasteiger partial charge in [-0.1, -0.05) is 86.3 Å². The second-order valence-electron chi connectivity index (χ2n) is 9.26. The first-order valence-electron chi connectivity index (χ1n) is 12.7. The molecule has 1 saturated heterocycles. The van der Waals surface area contributed by atoms with E-state index in [2.05, 4.69) is 113 Å². The molecule has 1 heteroatoms. The molecule has 0 N–H and O–H groups in total. The molecule has 2 aromatic carbocycles. The highest BCUT2D eigenvalue weighted by molar-refractivity contribution is 5.82. The number of hydrogen-bond donors (Lipinski definition) is 0. The average Bonchev–Trinajstić information content (AvgIpc) is 3.31. The van der Waals surface area contributed by atoms with Crippen molar-refractivity contribution in [2.75, 3.05) is 6.54 Å². The molecule has 0 saturated carbocycles. The third-order valence-corrected chi connectivity index (χ3v) is 7.24. The quantitative estimate of drug-likeness (QED) is 0.258. The average molecular weight is 452 g/mol. The first kappa shape index (κ1) is 25.7. The van der Waals surface area contributed by atoms with Crippen LogP contribution in [0.5, 0.6) is 0 Å². The summed E-state index contributed by atoms with van der Waals surface area (Å²) in [6.45, 7) is 19.1. The van der Waals surface area contributed by atoms with Crippen LogP contribution in [0.1, 0.15) is 67.9 Å². The Balaban J connectivity index is 1.70. The van der Waals surface area contributed by atoms with Gasteiger partial charge in [-0.2, -0.15) is 0 Å². The van der Waals surface area contributed by atoms with E-state index in [9.17, 15) is 0 Å². The monoisotopic (exact) mass is 451 g/mol. The molecule has 1 atom stereocenters. The second kappa shape index (κ2) is 12.5. The van der Waals surface area contributed by atoms with Crippen LogP contribution in [0.15, 0.2) is 91.1 Å². The van der Waals surface area contributed by atoms with Gasteiger partial charge in [-0.25, -0.2) is 0 Å². The van der Waals surface area contributed by atoms with E-state index in [1.807, 2.05) is 6.08 Å². The summed E-state index contributed by atoms with van der Waals surface area (Å²) in [4.78, 5) is 2.53. The molecule has 0 aromatic heterocycles. The van der Waals surface area contributed by atoms with Gasteiger partial charge >= 0.3 is 0 Å². The van der Waals surface area contributed by atoms with Crippen LogP contribution in [0, 0.1) is 6.92 Å². The maximum absolute atomic E-state index is 4.12. The third-order valence-electron chi connectivity index (χ3n) is 7.24. The van der Waals surface area contributed by atoms with Gasteiger partial charge in [0.05, 0.1) is 0 Å². The molecule has 1 aliphatic heterocycles. The van der Waals surface area contributed by atoms with Gasteiger partial charge in [-0.05, 0) is 97.5 Å². The molecular weight excluding hydrogens is 410 g/mol. The molecule has 1 unspecified atom stereocenters. The van der Waals surface area contributed by atoms with Gasteiger partial charge in [-0.15, -0.1) is 6.58 Å². The first-order valence-corrected chi connectivity index (χ1v) is 12.7. The van der Waals surface area contributed by atoms with Crippen molar-refractivity contribution in [3.05, 3.63) is 119 Å². The van der Waals surface area contributed by atoms with E-state index in [0.29, 0.717) is 6.04 Å². The summed E-state index contributed by atoms with van der Waals surface area (Å²) in [7, 11) is 0. The first-order chi connectivity index (χ1) is 16.5. The molecule has 2 aromatic rings. The molecule has 0 radical (unpaired) electrons. The Bertz CT molecular complexity index is 1080. The zero-order chi connectivity index (χ0) is 24.5. The largest absolute Gasteiger partial charge is 0.293 e. The molecule has 1 heterocycles. The van der Waals surface area contributed by atoms with Gasteiger partial charge in [0, 0.05) is 12.6 Å². The molecule has 34 heavy (non-hydrogen) atoms. The Morgan fingerprint density at radius 2 is 1.88 bits per heavy atom. The zero-order valence-corrected chi connectivity index (χ0v) is 21.6. The summed E-state index contributed by atoms with van der Waals surface area (Å²) in [5.74, 6) is 0. The molecular formula is C33H41N. The molecule has 3 rings (SSSR count). The highest BCUT2D eigenvalue weighted by atomic mass is 15.2. The molecule has 0 bridgehead atoms. The van der Waals surface area contributed by atoms with Crippen molar-refractivity contribution < 1.29 is 0 Å². The SMILES string of the molecule is C=C/C(C/C=C\c1ccc(CN2CCCC2C=C)cc1)=C(C)\C(=C/C)c1cccc(CC)c1C. The van der Waals surface area contributed by atoms with Crippen molar-refractivity contribution in [1.82, 2.24) is 4.90 Å². The smallest absolute Gasteiger partial charge is 0.0279 e. The Morgan fingerprint density at radius 1 is 1.12 bits per heavy atom. The van der Waals surface area contributed by atoms with Crippen LogP contribution < -0.4 is 0 Å². The lowest BCUT2D eigenvalue weighted by Gasteiger charge is -2.21. The molecule has 0 amide bonds. The van der Waals surface area contributed by atoms with Gasteiger partial charge in [0.25, 0.3) is 0 Å². The van der Waals surface area contributed by atoms with Crippen molar-refractivity contribution in [3.8, 4) is 0 Å². The zero-order valence-electron chi connectivity index (χ0n) is 21.6. The van der Waals surface area contributed by atoms with E-state index in [4.69, 9.17) is 0 Å². The number of nitrogens with zero attached hydrogens (tertiary/aromatic N) is 1. The summed E-state index contributed by atoms with van der Waals surface area (Å²) >= 11 is 0. The second-order valence-corrected chi connectivity index (χ2v) is 9.26. The Morgan fingerprint density at radius 3 is 2.53 bits per heavy atom. The highest BCUT2D eigenvalue weighted by Gasteiger charge is 2.21. The van der Waals surface area contributed by atoms with Crippen molar-refractivity contribution in [1.29, 1.82) is 0 Å². The van der Waals surface area contributed by atoms with Gasteiger partial charge in [0.2, 0.25) is 0 Å². The van der Waals surface area contributed by atoms with Crippen molar-refractivity contribution in [3.63, 3.8) is 0 Å². The van der Waals surface area contributed by atoms with Crippen LogP contribution in [0.3, 0.4) is 0 Å². The number of hydrogen-bond acceptors (Lipinski definition) is 1. The lowest BCUT2D eigenvalue weighted by atomic mass is 9.88. The summed E-state index contributed by atoms with van der Waals surface area (Å²) in [6.07, 6.45) is 15.3. The normalized spacial score (nSPS) is 17.8. The number of allylic oxidation sites excluding steroid dienone is 6. The molecule has 1 nitrogen and oxygen atoms in total. The molecule has 1 fully saturated rings. The van der Waals surface area contributed by atoms with Crippen LogP contribution >= 0.6 is 0 Å². The summed E-state index contributed by atoms with van der Waals surface area (Å²) in [5.41, 5.74) is 10.6. The van der Waals surface area contributed by atoms with Crippen LogP contribution in [0.25, 0.3) is 11.6 Å². The Labute approximate surface area is 207 Å². The fourth-order valence-electron chi connectivity index (χ4n) is 5.10. The van der Waals surface area contributed by atoms with Gasteiger partial charge in [0.1, 0.15) is 0 Å². The van der Waals surface area contributed by atoms with Crippen molar-refractivity contribution in [2.45, 2.75) is 66.0 Å². The minimum absolute atomic E-state index is 0.530. The standard InChI is InChI=1S/C33H41N/c1-7-29(25(5)32(10-4)33-18-12-16-30(8-2)26(33)6)15-11-14-27-19-21-28(22-20-27)24-34-23-13-17-31(34)9-3/h7,9-12,14,16,18-22,31H,1,3,8,13,15,17,23-24H2,2,4-6H3/b14-11-,29-25+,32-10+. The maximum Gasteiger partial charge on any atom is 0.0279 e. The number of likely N-dealkylation sites (tertiary alicyclic amines) is 1. The van der Waals surface area contributed by atoms with Gasteiger partial charge < -0.3 is 0 Å². The lowest BCUT2D eigenvalue weighted by Crippen LogP contribution is -2.26. The summed E-state index contributed by atoms with van der Waals surface area (Å²) in [5, 5.41) is 0. The highest BCUT2D eigenvalue weighted by Crippen LogP contribution is 2.31. The van der Waals surface area contributed by atoms with E-state index < -0.39 is 0 Å². The third kappa shape index (κ3) is 6.15. The number of aryl methyl sites for hydroxylation is 1. The fraction of sp³-hybridized carbons (Fsp3) is 0.333. The van der Waals surface area contributed by atoms with E-state index in [0.717, 1.165) is 19.4 Å². The predicted octanol–water partition coefficient (Wildman–Crippen LogP) is 8.72. The van der Waals surface area contributed by atoms with Crippen LogP contribution in [0.4, 0.5) is 0 Å². The minimum Gasteiger partial charge on any atom is -0.293 e. The van der Waals surface area contributed by atoms with Crippen LogP contribution in [0.2, 0.25) is 0 Å².